The molecule has 1 aromatic rings. The predicted octanol–water partition coefficient (Wildman–Crippen LogP) is 1.84. The van der Waals surface area contributed by atoms with Gasteiger partial charge in [-0.05, 0) is 25.2 Å². The first-order valence-corrected chi connectivity index (χ1v) is 7.61. The molecule has 5 nitrogen and oxygen atoms in total. The number of hydrogen-bond donors (Lipinski definition) is 1. The first-order valence-electron chi connectivity index (χ1n) is 7.61. The van der Waals surface area contributed by atoms with E-state index < -0.39 is 0 Å². The van der Waals surface area contributed by atoms with Gasteiger partial charge in [0.25, 0.3) is 5.91 Å². The molecule has 1 N–H and O–H groups in total. The van der Waals surface area contributed by atoms with Crippen LogP contribution in [0.4, 0.5) is 0 Å². The molecule has 1 saturated carbocycles. The van der Waals surface area contributed by atoms with Crippen LogP contribution < -0.4 is 5.32 Å². The average molecular weight is 277 g/mol. The Hall–Kier alpha value is -1.36. The molecule has 0 spiro atoms. The van der Waals surface area contributed by atoms with Crippen LogP contribution >= 0.6 is 0 Å². The van der Waals surface area contributed by atoms with Gasteiger partial charge in [-0.2, -0.15) is 5.10 Å². The molecule has 110 valence electrons. The fourth-order valence-corrected chi connectivity index (χ4v) is 3.09. The van der Waals surface area contributed by atoms with E-state index in [-0.39, 0.29) is 11.8 Å². The third-order valence-electron chi connectivity index (χ3n) is 4.32. The van der Waals surface area contributed by atoms with E-state index in [0.29, 0.717) is 18.6 Å². The van der Waals surface area contributed by atoms with Crippen LogP contribution in [-0.4, -0.2) is 34.9 Å². The molecule has 0 aromatic carbocycles. The van der Waals surface area contributed by atoms with E-state index in [1.807, 2.05) is 13.2 Å². The summed E-state index contributed by atoms with van der Waals surface area (Å²) in [5.74, 6) is 0.977. The van der Waals surface area contributed by atoms with Gasteiger partial charge < -0.3 is 10.1 Å². The molecule has 0 unspecified atom stereocenters. The van der Waals surface area contributed by atoms with E-state index >= 15 is 0 Å². The molecule has 1 aromatic heterocycles. The summed E-state index contributed by atoms with van der Waals surface area (Å²) in [5.41, 5.74) is 1.63. The van der Waals surface area contributed by atoms with Crippen molar-refractivity contribution < 1.29 is 9.53 Å². The van der Waals surface area contributed by atoms with E-state index in [4.69, 9.17) is 4.74 Å². The van der Waals surface area contributed by atoms with Crippen LogP contribution in [0.3, 0.4) is 0 Å². The zero-order chi connectivity index (χ0) is 14.1. The Morgan fingerprint density at radius 2 is 2.45 bits per heavy atom. The first kappa shape index (κ1) is 13.6. The van der Waals surface area contributed by atoms with Gasteiger partial charge in [0.2, 0.25) is 0 Å². The van der Waals surface area contributed by atoms with Gasteiger partial charge in [-0.15, -0.1) is 0 Å². The van der Waals surface area contributed by atoms with Crippen molar-refractivity contribution in [1.29, 1.82) is 0 Å². The largest absolute Gasteiger partial charge is 0.381 e. The molecule has 1 aliphatic heterocycles. The summed E-state index contributed by atoms with van der Waals surface area (Å²) in [5, 5.41) is 7.62. The number of amides is 1. The molecular weight excluding hydrogens is 254 g/mol. The van der Waals surface area contributed by atoms with E-state index in [2.05, 4.69) is 17.3 Å². The summed E-state index contributed by atoms with van der Waals surface area (Å²) in [6.07, 6.45) is 6.32. The molecule has 5 heteroatoms. The number of nitrogens with one attached hydrogen (secondary N) is 1. The Morgan fingerprint density at radius 1 is 1.60 bits per heavy atom. The molecule has 0 radical (unpaired) electrons. The molecule has 1 saturated heterocycles. The van der Waals surface area contributed by atoms with Crippen molar-refractivity contribution in [2.45, 2.75) is 44.6 Å². The van der Waals surface area contributed by atoms with Gasteiger partial charge in [0.05, 0.1) is 17.9 Å². The van der Waals surface area contributed by atoms with E-state index in [1.54, 1.807) is 4.68 Å². The zero-order valence-corrected chi connectivity index (χ0v) is 12.3. The van der Waals surface area contributed by atoms with Crippen LogP contribution in [0.5, 0.6) is 0 Å². The summed E-state index contributed by atoms with van der Waals surface area (Å²) in [6.45, 7) is 3.64. The van der Waals surface area contributed by atoms with Gasteiger partial charge in [0.15, 0.2) is 0 Å². The number of aryl methyl sites for hydroxylation is 1. The Morgan fingerprint density at radius 3 is 3.15 bits per heavy atom. The van der Waals surface area contributed by atoms with Gasteiger partial charge in [-0.3, -0.25) is 9.48 Å². The van der Waals surface area contributed by atoms with Crippen molar-refractivity contribution in [3.8, 4) is 0 Å². The lowest BCUT2D eigenvalue weighted by molar-refractivity contribution is 0.0947. The Labute approximate surface area is 119 Å². The predicted molar refractivity (Wildman–Crippen MR) is 75.7 cm³/mol. The maximum Gasteiger partial charge on any atom is 0.254 e. The Balaban J connectivity index is 1.68. The highest BCUT2D eigenvalue weighted by Gasteiger charge is 2.38. The lowest BCUT2D eigenvalue weighted by Gasteiger charge is -2.08. The molecule has 0 bridgehead atoms. The highest BCUT2D eigenvalue weighted by Crippen LogP contribution is 2.35. The second-order valence-corrected chi connectivity index (χ2v) is 6.03. The number of aromatic nitrogens is 2. The summed E-state index contributed by atoms with van der Waals surface area (Å²) in [7, 11) is 1.87. The number of hydrogen-bond acceptors (Lipinski definition) is 3. The van der Waals surface area contributed by atoms with Gasteiger partial charge >= 0.3 is 0 Å². The molecule has 2 fully saturated rings. The van der Waals surface area contributed by atoms with Crippen LogP contribution in [0.2, 0.25) is 0 Å². The maximum atomic E-state index is 12.4. The Bertz CT molecular complexity index is 491. The minimum Gasteiger partial charge on any atom is -0.381 e. The smallest absolute Gasteiger partial charge is 0.254 e. The van der Waals surface area contributed by atoms with Crippen molar-refractivity contribution >= 4 is 5.91 Å². The van der Waals surface area contributed by atoms with Crippen LogP contribution in [-0.2, 0) is 11.8 Å². The lowest BCUT2D eigenvalue weighted by Crippen LogP contribution is -2.27. The third kappa shape index (κ3) is 2.73. The van der Waals surface area contributed by atoms with E-state index in [9.17, 15) is 4.79 Å². The van der Waals surface area contributed by atoms with E-state index in [0.717, 1.165) is 30.7 Å². The number of rotatable bonds is 5. The first-order chi connectivity index (χ1) is 9.69. The van der Waals surface area contributed by atoms with Crippen molar-refractivity contribution in [2.75, 3.05) is 13.2 Å². The monoisotopic (exact) mass is 277 g/mol. The van der Waals surface area contributed by atoms with Crippen LogP contribution in [0.25, 0.3) is 0 Å². The minimum absolute atomic E-state index is 0.0311. The fraction of sp³-hybridized carbons (Fsp3) is 0.733. The van der Waals surface area contributed by atoms with Crippen molar-refractivity contribution in [3.63, 3.8) is 0 Å². The standard InChI is InChI=1S/C15H23N3O2/c1-3-4-10-7-13(10)16-15(19)12-8-18(2)17-14(12)11-5-6-20-9-11/h8,10-11,13H,3-7,9H2,1-2H3,(H,16,19)/t10-,11-,13+/m1/s1. The maximum absolute atomic E-state index is 12.4. The van der Waals surface area contributed by atoms with Crippen molar-refractivity contribution in [3.05, 3.63) is 17.5 Å². The van der Waals surface area contributed by atoms with Crippen molar-refractivity contribution in [2.24, 2.45) is 13.0 Å². The second kappa shape index (κ2) is 5.56. The van der Waals surface area contributed by atoms with E-state index in [1.165, 1.54) is 12.8 Å². The SMILES string of the molecule is CCC[C@@H]1C[C@@H]1NC(=O)c1cn(C)nc1[C@@H]1CCOC1. The second-order valence-electron chi connectivity index (χ2n) is 6.03. The quantitative estimate of drug-likeness (QED) is 0.893. The minimum atomic E-state index is 0.0311. The van der Waals surface area contributed by atoms with Gasteiger partial charge in [-0.25, -0.2) is 0 Å². The summed E-state index contributed by atoms with van der Waals surface area (Å²) < 4.78 is 7.15. The van der Waals surface area contributed by atoms with Gasteiger partial charge in [0, 0.05) is 31.8 Å². The molecule has 3 atom stereocenters. The van der Waals surface area contributed by atoms with Crippen molar-refractivity contribution in [1.82, 2.24) is 15.1 Å². The summed E-state index contributed by atoms with van der Waals surface area (Å²) in [4.78, 5) is 12.4. The molecule has 3 rings (SSSR count). The summed E-state index contributed by atoms with van der Waals surface area (Å²) in [6, 6.07) is 0.371. The lowest BCUT2D eigenvalue weighted by atomic mass is 10.0. The van der Waals surface area contributed by atoms with Gasteiger partial charge in [-0.1, -0.05) is 13.3 Å². The highest BCUT2D eigenvalue weighted by atomic mass is 16.5. The highest BCUT2D eigenvalue weighted by molar-refractivity contribution is 5.95. The fourth-order valence-electron chi connectivity index (χ4n) is 3.09. The van der Waals surface area contributed by atoms with Crippen LogP contribution in [0.1, 0.15) is 54.6 Å². The number of ether oxygens (including phenoxy) is 1. The van der Waals surface area contributed by atoms with Crippen LogP contribution in [0.15, 0.2) is 6.20 Å². The van der Waals surface area contributed by atoms with Crippen LogP contribution in [0, 0.1) is 5.92 Å². The average Bonchev–Trinajstić information content (AvgIpc) is 2.84. The number of nitrogens with zero attached hydrogens (tertiary/aromatic N) is 2. The summed E-state index contributed by atoms with van der Waals surface area (Å²) >= 11 is 0. The number of carbonyl (C=O) groups is 1. The zero-order valence-electron chi connectivity index (χ0n) is 12.3. The molecule has 1 amide bonds. The molecular formula is C15H23N3O2. The molecule has 2 aliphatic rings. The van der Waals surface area contributed by atoms with Gasteiger partial charge in [0.1, 0.15) is 0 Å². The topological polar surface area (TPSA) is 56.2 Å². The molecule has 20 heavy (non-hydrogen) atoms. The normalized spacial score (nSPS) is 28.6. The number of carbonyl (C=O) groups excluding carboxylic acids is 1. The third-order valence-corrected chi connectivity index (χ3v) is 4.32. The molecule has 1 aliphatic carbocycles. The molecule has 2 heterocycles. The Kier molecular flexibility index (Phi) is 3.78.